The van der Waals surface area contributed by atoms with Gasteiger partial charge in [-0.2, -0.15) is 15.7 Å². The Bertz CT molecular complexity index is 491. The number of hydrogen-bond donors (Lipinski definition) is 2. The summed E-state index contributed by atoms with van der Waals surface area (Å²) < 4.78 is 1.31. The Morgan fingerprint density at radius 3 is 2.65 bits per heavy atom. The van der Waals surface area contributed by atoms with E-state index in [0.29, 0.717) is 24.1 Å². The zero-order valence-corrected chi connectivity index (χ0v) is 8.62. The minimum Gasteiger partial charge on any atom is -0.377 e. The predicted octanol–water partition coefficient (Wildman–Crippen LogP) is -0.229. The minimum atomic E-state index is 0.402. The fourth-order valence-corrected chi connectivity index (χ4v) is 1.44. The van der Waals surface area contributed by atoms with Crippen molar-refractivity contribution in [3.63, 3.8) is 0 Å². The molecule has 0 spiro atoms. The van der Waals surface area contributed by atoms with Gasteiger partial charge in [0.15, 0.2) is 5.75 Å². The van der Waals surface area contributed by atoms with Gasteiger partial charge in [0.2, 0.25) is 12.8 Å². The van der Waals surface area contributed by atoms with Crippen molar-refractivity contribution in [3.8, 4) is 5.75 Å². The summed E-state index contributed by atoms with van der Waals surface area (Å²) in [5.74, 6) is 0.403. The van der Waals surface area contributed by atoms with Gasteiger partial charge in [-0.15, -0.1) is 0 Å². The number of aromatic nitrogens is 1. The highest BCUT2D eigenvalue weighted by molar-refractivity contribution is 5.86. The van der Waals surface area contributed by atoms with Gasteiger partial charge in [0, 0.05) is 5.39 Å². The topological polar surface area (TPSA) is 81.6 Å². The molecule has 0 aliphatic rings. The Labute approximate surface area is 95.8 Å². The van der Waals surface area contributed by atoms with Crippen LogP contribution < -0.4 is 20.7 Å². The Morgan fingerprint density at radius 2 is 1.88 bits per heavy atom. The van der Waals surface area contributed by atoms with Crippen molar-refractivity contribution in [1.29, 1.82) is 0 Å². The van der Waals surface area contributed by atoms with Gasteiger partial charge in [-0.1, -0.05) is 12.1 Å². The van der Waals surface area contributed by atoms with Crippen LogP contribution >= 0.6 is 0 Å². The smallest absolute Gasteiger partial charge is 0.241 e. The van der Waals surface area contributed by atoms with Crippen LogP contribution in [0.2, 0.25) is 0 Å². The molecule has 2 amide bonds. The summed E-state index contributed by atoms with van der Waals surface area (Å²) >= 11 is 0. The predicted molar refractivity (Wildman–Crippen MR) is 57.5 cm³/mol. The first-order valence-corrected chi connectivity index (χ1v) is 4.69. The third kappa shape index (κ3) is 2.12. The van der Waals surface area contributed by atoms with Gasteiger partial charge in [-0.3, -0.25) is 14.5 Å². The molecule has 0 unspecified atom stereocenters. The first kappa shape index (κ1) is 10.8. The van der Waals surface area contributed by atoms with Gasteiger partial charge < -0.3 is 4.84 Å². The number of fused-ring (bicyclic) bond motifs is 1. The van der Waals surface area contributed by atoms with E-state index in [0.717, 1.165) is 5.39 Å². The van der Waals surface area contributed by atoms with E-state index in [-0.39, 0.29) is 0 Å². The summed E-state index contributed by atoms with van der Waals surface area (Å²) in [7, 11) is 0. The van der Waals surface area contributed by atoms with Crippen molar-refractivity contribution in [2.45, 2.75) is 0 Å². The molecule has 2 aromatic rings. The maximum atomic E-state index is 10.2. The molecular weight excluding hydrogens is 226 g/mol. The molecule has 17 heavy (non-hydrogen) atoms. The maximum absolute atomic E-state index is 10.2. The summed E-state index contributed by atoms with van der Waals surface area (Å²) in [6, 6.07) is 7.18. The Kier molecular flexibility index (Phi) is 3.10. The molecule has 1 heterocycles. The lowest BCUT2D eigenvalue weighted by Crippen LogP contribution is -2.25. The summed E-state index contributed by atoms with van der Waals surface area (Å²) in [6.07, 6.45) is 2.30. The summed E-state index contributed by atoms with van der Waals surface area (Å²) in [5.41, 5.74) is 4.83. The fraction of sp³-hybridized carbons (Fsp3) is 0. The van der Waals surface area contributed by atoms with Crippen LogP contribution in [0.5, 0.6) is 5.75 Å². The molecule has 0 fully saturated rings. The van der Waals surface area contributed by atoms with Crippen molar-refractivity contribution >= 4 is 23.7 Å². The van der Waals surface area contributed by atoms with Gasteiger partial charge in [0.1, 0.15) is 0 Å². The fourth-order valence-electron chi connectivity index (χ4n) is 1.44. The van der Waals surface area contributed by atoms with Crippen LogP contribution in [0.15, 0.2) is 30.5 Å². The first-order chi connectivity index (χ1) is 8.36. The van der Waals surface area contributed by atoms with Crippen molar-refractivity contribution in [1.82, 2.24) is 15.7 Å². The van der Waals surface area contributed by atoms with E-state index in [1.54, 1.807) is 18.2 Å². The zero-order valence-electron chi connectivity index (χ0n) is 8.62. The third-order valence-corrected chi connectivity index (χ3v) is 2.06. The number of amides is 2. The van der Waals surface area contributed by atoms with Crippen molar-refractivity contribution in [2.24, 2.45) is 0 Å². The van der Waals surface area contributed by atoms with E-state index in [2.05, 4.69) is 11.0 Å². The largest absolute Gasteiger partial charge is 0.377 e. The van der Waals surface area contributed by atoms with Gasteiger partial charge in [-0.25, -0.2) is 0 Å². The van der Waals surface area contributed by atoms with Crippen LogP contribution in [-0.4, -0.2) is 17.6 Å². The first-order valence-electron chi connectivity index (χ1n) is 4.69. The van der Waals surface area contributed by atoms with Crippen molar-refractivity contribution in [3.05, 3.63) is 30.5 Å². The Balaban J connectivity index is 2.38. The monoisotopic (exact) mass is 235 g/mol. The van der Waals surface area contributed by atoms with Crippen molar-refractivity contribution in [2.75, 3.05) is 0 Å². The molecule has 0 radical (unpaired) electrons. The van der Waals surface area contributed by atoms with E-state index >= 15 is 0 Å². The molecule has 0 aliphatic heterocycles. The molecular formula is C10H9N3O4. The van der Waals surface area contributed by atoms with Crippen molar-refractivity contribution < 1.29 is 19.4 Å². The number of hydroxylamine groups is 2. The molecule has 0 bridgehead atoms. The second-order valence-electron chi connectivity index (χ2n) is 3.00. The lowest BCUT2D eigenvalue weighted by atomic mass is 10.2. The van der Waals surface area contributed by atoms with Crippen LogP contribution in [-0.2, 0) is 9.59 Å². The van der Waals surface area contributed by atoms with E-state index in [4.69, 9.17) is 9.78 Å². The number of nitrogens with zero attached hydrogens (tertiary/aromatic N) is 1. The second kappa shape index (κ2) is 4.88. The lowest BCUT2D eigenvalue weighted by molar-refractivity contribution is -0.120. The summed E-state index contributed by atoms with van der Waals surface area (Å²) in [5, 5.41) is 0.731. The molecule has 0 atom stereocenters. The molecule has 0 saturated heterocycles. The van der Waals surface area contributed by atoms with Gasteiger partial charge in [0.25, 0.3) is 0 Å². The summed E-state index contributed by atoms with van der Waals surface area (Å²) in [4.78, 5) is 30.2. The lowest BCUT2D eigenvalue weighted by Gasteiger charge is -2.02. The van der Waals surface area contributed by atoms with E-state index < -0.39 is 0 Å². The number of benzene rings is 1. The average Bonchev–Trinajstić information content (AvgIpc) is 2.72. The third-order valence-electron chi connectivity index (χ3n) is 2.06. The molecule has 1 aromatic carbocycles. The second-order valence-corrected chi connectivity index (χ2v) is 3.00. The van der Waals surface area contributed by atoms with E-state index in [9.17, 15) is 9.59 Å². The number of nitrogens with one attached hydrogen (secondary N) is 2. The number of rotatable bonds is 6. The summed E-state index contributed by atoms with van der Waals surface area (Å²) in [6.45, 7) is 0. The van der Waals surface area contributed by atoms with E-state index in [1.807, 2.05) is 6.07 Å². The number of hydrogen-bond acceptors (Lipinski definition) is 4. The molecule has 88 valence electrons. The van der Waals surface area contributed by atoms with Crippen LogP contribution in [0.4, 0.5) is 0 Å². The van der Waals surface area contributed by atoms with E-state index in [1.165, 1.54) is 10.9 Å². The zero-order chi connectivity index (χ0) is 12.1. The number of carbonyl (C=O) groups excluding carboxylic acids is 2. The van der Waals surface area contributed by atoms with Crippen LogP contribution in [0.3, 0.4) is 0 Å². The van der Waals surface area contributed by atoms with Crippen LogP contribution in [0.1, 0.15) is 0 Å². The maximum Gasteiger partial charge on any atom is 0.241 e. The Hall–Kier alpha value is -2.70. The van der Waals surface area contributed by atoms with Crippen LogP contribution in [0, 0.1) is 0 Å². The molecule has 7 heteroatoms. The van der Waals surface area contributed by atoms with Gasteiger partial charge in [-0.05, 0) is 12.1 Å². The quantitative estimate of drug-likeness (QED) is 0.535. The average molecular weight is 235 g/mol. The SMILES string of the molecule is O=CNOc1cn(ONC=O)c2ccccc12. The molecule has 0 aliphatic carbocycles. The highest BCUT2D eigenvalue weighted by Crippen LogP contribution is 2.26. The normalized spacial score (nSPS) is 9.65. The highest BCUT2D eigenvalue weighted by Gasteiger charge is 2.10. The molecule has 2 rings (SSSR count). The Morgan fingerprint density at radius 1 is 1.12 bits per heavy atom. The molecule has 7 nitrogen and oxygen atoms in total. The number of carbonyl (C=O) groups is 2. The minimum absolute atomic E-state index is 0.402. The van der Waals surface area contributed by atoms with Crippen LogP contribution in [0.25, 0.3) is 10.9 Å². The molecule has 0 saturated carbocycles. The highest BCUT2D eigenvalue weighted by atomic mass is 16.8. The van der Waals surface area contributed by atoms with Gasteiger partial charge >= 0.3 is 0 Å². The molecule has 1 aromatic heterocycles. The number of para-hydroxylation sites is 1. The van der Waals surface area contributed by atoms with Gasteiger partial charge in [0.05, 0.1) is 11.7 Å². The standard InChI is InChI=1S/C10H9N3O4/c14-6-11-16-10-5-13(17-12-7-15)9-4-2-1-3-8(9)10/h1-7H,(H,11,14)(H,12,15). The molecule has 2 N–H and O–H groups in total.